The summed E-state index contributed by atoms with van der Waals surface area (Å²) in [7, 11) is -3.71. The van der Waals surface area contributed by atoms with Crippen LogP contribution in [-0.4, -0.2) is 30.9 Å². The SMILES string of the molecule is O=S(=O)(c1ccc(Cl)cc1Cl)N1CCC(O)(c2ccccc2)CC1. The average Bonchev–Trinajstić information content (AvgIpc) is 2.56. The maximum Gasteiger partial charge on any atom is 0.244 e. The van der Waals surface area contributed by atoms with Crippen molar-refractivity contribution in [1.29, 1.82) is 0 Å². The maximum absolute atomic E-state index is 12.8. The van der Waals surface area contributed by atoms with Crippen LogP contribution in [0.1, 0.15) is 18.4 Å². The summed E-state index contributed by atoms with van der Waals surface area (Å²) in [5, 5.41) is 11.3. The van der Waals surface area contributed by atoms with Crippen LogP contribution in [0.4, 0.5) is 0 Å². The zero-order chi connectivity index (χ0) is 17.4. The van der Waals surface area contributed by atoms with Crippen LogP contribution in [0, 0.1) is 0 Å². The minimum atomic E-state index is -3.71. The predicted octanol–water partition coefficient (Wildman–Crippen LogP) is 3.67. The molecule has 0 radical (unpaired) electrons. The Kier molecular flexibility index (Phi) is 4.91. The number of hydrogen-bond donors (Lipinski definition) is 1. The second-order valence-electron chi connectivity index (χ2n) is 5.88. The van der Waals surface area contributed by atoms with Crippen molar-refractivity contribution in [3.8, 4) is 0 Å². The zero-order valence-corrected chi connectivity index (χ0v) is 15.2. The second-order valence-corrected chi connectivity index (χ2v) is 8.63. The molecule has 0 spiro atoms. The molecular formula is C17H17Cl2NO3S. The summed E-state index contributed by atoms with van der Waals surface area (Å²) in [6, 6.07) is 13.7. The minimum absolute atomic E-state index is 0.0405. The van der Waals surface area contributed by atoms with Gasteiger partial charge in [-0.15, -0.1) is 0 Å². The van der Waals surface area contributed by atoms with Crippen LogP contribution in [-0.2, 0) is 15.6 Å². The molecular weight excluding hydrogens is 369 g/mol. The van der Waals surface area contributed by atoms with Crippen LogP contribution in [0.2, 0.25) is 10.0 Å². The number of aliphatic hydroxyl groups is 1. The van der Waals surface area contributed by atoms with E-state index in [2.05, 4.69) is 0 Å². The molecule has 4 nitrogen and oxygen atoms in total. The van der Waals surface area contributed by atoms with Gasteiger partial charge in [-0.25, -0.2) is 8.42 Å². The number of piperidine rings is 1. The van der Waals surface area contributed by atoms with Gasteiger partial charge < -0.3 is 5.11 Å². The van der Waals surface area contributed by atoms with Crippen LogP contribution in [0.5, 0.6) is 0 Å². The van der Waals surface area contributed by atoms with Gasteiger partial charge in [0.2, 0.25) is 10.0 Å². The molecule has 1 aliphatic heterocycles. The van der Waals surface area contributed by atoms with E-state index in [4.69, 9.17) is 23.2 Å². The van der Waals surface area contributed by atoms with E-state index in [1.165, 1.54) is 22.5 Å². The van der Waals surface area contributed by atoms with Crippen molar-refractivity contribution in [2.75, 3.05) is 13.1 Å². The van der Waals surface area contributed by atoms with Crippen molar-refractivity contribution in [2.45, 2.75) is 23.3 Å². The molecule has 1 heterocycles. The molecule has 0 amide bonds. The first-order valence-corrected chi connectivity index (χ1v) is 9.76. The lowest BCUT2D eigenvalue weighted by atomic mass is 9.85. The van der Waals surface area contributed by atoms with Gasteiger partial charge in [-0.1, -0.05) is 53.5 Å². The molecule has 0 bridgehead atoms. The molecule has 2 aromatic rings. The molecule has 0 atom stereocenters. The molecule has 1 fully saturated rings. The number of benzene rings is 2. The third-order valence-corrected chi connectivity index (χ3v) is 6.99. The number of hydrogen-bond acceptors (Lipinski definition) is 3. The molecule has 2 aromatic carbocycles. The fourth-order valence-corrected chi connectivity index (χ4v) is 5.14. The summed E-state index contributed by atoms with van der Waals surface area (Å²) in [5.41, 5.74) is -0.191. The first-order chi connectivity index (χ1) is 11.3. The highest BCUT2D eigenvalue weighted by Gasteiger charge is 2.38. The third-order valence-electron chi connectivity index (χ3n) is 4.37. The van der Waals surface area contributed by atoms with E-state index in [0.29, 0.717) is 17.9 Å². The monoisotopic (exact) mass is 385 g/mol. The lowest BCUT2D eigenvalue weighted by Gasteiger charge is -2.38. The van der Waals surface area contributed by atoms with E-state index in [1.807, 2.05) is 30.3 Å². The quantitative estimate of drug-likeness (QED) is 0.876. The highest BCUT2D eigenvalue weighted by molar-refractivity contribution is 7.89. The number of nitrogens with zero attached hydrogens (tertiary/aromatic N) is 1. The van der Waals surface area contributed by atoms with Crippen molar-refractivity contribution in [2.24, 2.45) is 0 Å². The van der Waals surface area contributed by atoms with Gasteiger partial charge in [0.1, 0.15) is 4.90 Å². The molecule has 0 aromatic heterocycles. The van der Waals surface area contributed by atoms with Crippen molar-refractivity contribution >= 4 is 33.2 Å². The number of sulfonamides is 1. The average molecular weight is 386 g/mol. The molecule has 0 aliphatic carbocycles. The summed E-state index contributed by atoms with van der Waals surface area (Å²) in [5.74, 6) is 0. The zero-order valence-electron chi connectivity index (χ0n) is 12.8. The van der Waals surface area contributed by atoms with E-state index in [-0.39, 0.29) is 23.0 Å². The Bertz CT molecular complexity index is 832. The van der Waals surface area contributed by atoms with Crippen molar-refractivity contribution in [1.82, 2.24) is 4.31 Å². The van der Waals surface area contributed by atoms with Crippen LogP contribution >= 0.6 is 23.2 Å². The largest absolute Gasteiger partial charge is 0.385 e. The summed E-state index contributed by atoms with van der Waals surface area (Å²) in [6.45, 7) is 0.458. The predicted molar refractivity (Wildman–Crippen MR) is 94.8 cm³/mol. The molecule has 24 heavy (non-hydrogen) atoms. The number of halogens is 2. The Morgan fingerprint density at radius 2 is 1.62 bits per heavy atom. The highest BCUT2D eigenvalue weighted by atomic mass is 35.5. The first-order valence-electron chi connectivity index (χ1n) is 7.56. The second kappa shape index (κ2) is 6.65. The van der Waals surface area contributed by atoms with Crippen LogP contribution < -0.4 is 0 Å². The summed E-state index contributed by atoms with van der Waals surface area (Å²) in [6.07, 6.45) is 0.670. The molecule has 128 valence electrons. The summed E-state index contributed by atoms with van der Waals surface area (Å²) >= 11 is 11.9. The van der Waals surface area contributed by atoms with Gasteiger partial charge in [0.15, 0.2) is 0 Å². The van der Waals surface area contributed by atoms with Crippen molar-refractivity contribution in [3.05, 3.63) is 64.1 Å². The molecule has 7 heteroatoms. The molecule has 0 saturated carbocycles. The summed E-state index contributed by atoms with van der Waals surface area (Å²) in [4.78, 5) is 0.0405. The van der Waals surface area contributed by atoms with E-state index in [0.717, 1.165) is 5.56 Å². The van der Waals surface area contributed by atoms with Gasteiger partial charge in [0.25, 0.3) is 0 Å². The van der Waals surface area contributed by atoms with Crippen molar-refractivity contribution in [3.63, 3.8) is 0 Å². The van der Waals surface area contributed by atoms with Crippen molar-refractivity contribution < 1.29 is 13.5 Å². The Morgan fingerprint density at radius 3 is 2.21 bits per heavy atom. The molecule has 3 rings (SSSR count). The minimum Gasteiger partial charge on any atom is -0.385 e. The van der Waals surface area contributed by atoms with Crippen LogP contribution in [0.15, 0.2) is 53.4 Å². The van der Waals surface area contributed by atoms with Gasteiger partial charge in [-0.05, 0) is 36.6 Å². The molecule has 1 aliphatic rings. The van der Waals surface area contributed by atoms with Gasteiger partial charge in [-0.2, -0.15) is 4.31 Å². The maximum atomic E-state index is 12.8. The smallest absolute Gasteiger partial charge is 0.244 e. The molecule has 1 N–H and O–H groups in total. The highest BCUT2D eigenvalue weighted by Crippen LogP contribution is 2.36. The lowest BCUT2D eigenvalue weighted by Crippen LogP contribution is -2.45. The van der Waals surface area contributed by atoms with E-state index in [9.17, 15) is 13.5 Å². The Hall–Kier alpha value is -1.11. The first kappa shape index (κ1) is 17.7. The Morgan fingerprint density at radius 1 is 1.00 bits per heavy atom. The standard InChI is InChI=1S/C17H17Cl2NO3S/c18-14-6-7-16(15(19)12-14)24(22,23)20-10-8-17(21,9-11-20)13-4-2-1-3-5-13/h1-7,12,21H,8-11H2. The normalized spacial score (nSPS) is 18.5. The fourth-order valence-electron chi connectivity index (χ4n) is 2.96. The van der Waals surface area contributed by atoms with E-state index < -0.39 is 15.6 Å². The van der Waals surface area contributed by atoms with Gasteiger partial charge in [-0.3, -0.25) is 0 Å². The summed E-state index contributed by atoms with van der Waals surface area (Å²) < 4.78 is 26.9. The van der Waals surface area contributed by atoms with E-state index in [1.54, 1.807) is 0 Å². The molecule has 0 unspecified atom stereocenters. The number of rotatable bonds is 3. The van der Waals surface area contributed by atoms with E-state index >= 15 is 0 Å². The molecule has 1 saturated heterocycles. The topological polar surface area (TPSA) is 57.6 Å². The van der Waals surface area contributed by atoms with Crippen LogP contribution in [0.25, 0.3) is 0 Å². The third kappa shape index (κ3) is 3.32. The lowest BCUT2D eigenvalue weighted by molar-refractivity contribution is -0.00961. The van der Waals surface area contributed by atoms with Crippen LogP contribution in [0.3, 0.4) is 0 Å². The Balaban J connectivity index is 1.81. The van der Waals surface area contributed by atoms with Gasteiger partial charge in [0, 0.05) is 18.1 Å². The Labute approximate surface area is 151 Å². The fraction of sp³-hybridized carbons (Fsp3) is 0.294. The van der Waals surface area contributed by atoms with Gasteiger partial charge in [0.05, 0.1) is 10.6 Å². The van der Waals surface area contributed by atoms with Gasteiger partial charge >= 0.3 is 0 Å².